The molecule has 109 heavy (non-hydrogen) atoms. The lowest BCUT2D eigenvalue weighted by Crippen LogP contribution is -2.38. The first-order valence-corrected chi connectivity index (χ1v) is 39.4. The second-order valence-corrected chi connectivity index (χ2v) is 33.4. The topological polar surface area (TPSA) is 318 Å². The number of halogens is 6. The molecular weight excluding hydrogens is 1790 g/mol. The Morgan fingerprint density at radius 2 is 0.927 bits per heavy atom. The summed E-state index contributed by atoms with van der Waals surface area (Å²) in [5, 5.41) is 23.6. The van der Waals surface area contributed by atoms with Crippen LogP contribution in [0.25, 0.3) is 5.57 Å². The van der Waals surface area contributed by atoms with Crippen LogP contribution in [0, 0.1) is 20.2 Å². The summed E-state index contributed by atoms with van der Waals surface area (Å²) >= 11 is 20.1. The van der Waals surface area contributed by atoms with Crippen molar-refractivity contribution in [2.45, 2.75) is 187 Å². The van der Waals surface area contributed by atoms with E-state index in [-0.39, 0.29) is 70.7 Å². The number of nitrogens with one attached hydrogen (secondary N) is 1. The molecule has 0 spiro atoms. The van der Waals surface area contributed by atoms with Gasteiger partial charge in [-0.2, -0.15) is 0 Å². The highest BCUT2D eigenvalue weighted by Gasteiger charge is 2.52. The minimum Gasteiger partial charge on any atom is -0.466 e. The first kappa shape index (κ1) is 99.5. The molecule has 6 aromatic carbocycles. The number of carbonyl (C=O) groups is 9. The number of benzene rings is 6. The van der Waals surface area contributed by atoms with Crippen molar-refractivity contribution >= 4 is 155 Å². The standard InChI is InChI=1S/C15H18BrNO5.C15H20BrNO3.C14H18BrNO.C12H14BrNO.C11H11BrO2.C10H11BrO2.C3H7NO2.CH2O/c1-4-22-14(19)13(18)12(9-15(2,3)17(20)21)10-5-7-11(16)8-6-10;1-4-20-14(19)13(18)12(9-15(2,3)17)10-5-7-11(16)8-6-10;1-13(2)9-14(3,12(17)16(13)4)10-5-7-11(15)8-6-10;1-12(2)7-10(11(15)14-12)8-3-5-9(13)6-4-8;1-3-14-11(13)8(2)9-4-6-10(12)7-5-9;1-2-13-10(12)7-8-3-5-9(11)6-4-8;1-3(2)4(5)6;1-2/h5-8,12H,4,9H2,1-3H3;5-8,12H,4,9,17H2,1-3H3;5-8H,9H2,1-4H3;3-6,10H,7H2,1-2H3,(H,14,15);4-7H,2-3H2,1H3;3-6H,2,7H2,1H3;3H,1-2H3;1H2. The lowest BCUT2D eigenvalue weighted by atomic mass is 9.77. The summed E-state index contributed by atoms with van der Waals surface area (Å²) in [6.45, 7) is 33.6. The molecule has 0 aliphatic carbocycles. The van der Waals surface area contributed by atoms with E-state index in [2.05, 4.69) is 135 Å². The summed E-state index contributed by atoms with van der Waals surface area (Å²) in [6, 6.07) is 44.7. The number of carbonyl (C=O) groups excluding carboxylic acids is 9. The molecule has 6 aromatic rings. The van der Waals surface area contributed by atoms with Gasteiger partial charge in [0, 0.05) is 94.5 Å². The molecule has 22 nitrogen and oxygen atoms in total. The Kier molecular flexibility index (Phi) is 43.5. The summed E-state index contributed by atoms with van der Waals surface area (Å²) in [5.41, 5.74) is 9.24. The van der Waals surface area contributed by atoms with Gasteiger partial charge in [-0.25, -0.2) is 14.4 Å². The molecule has 2 amide bonds. The van der Waals surface area contributed by atoms with Gasteiger partial charge >= 0.3 is 23.9 Å². The Morgan fingerprint density at radius 1 is 0.578 bits per heavy atom. The third-order valence-electron chi connectivity index (χ3n) is 16.5. The molecule has 2 fully saturated rings. The van der Waals surface area contributed by atoms with E-state index in [4.69, 9.17) is 29.5 Å². The molecule has 0 aromatic heterocycles. The normalized spacial score (nSPS) is 15.4. The van der Waals surface area contributed by atoms with Crippen LogP contribution < -0.4 is 11.1 Å². The molecule has 0 bridgehead atoms. The van der Waals surface area contributed by atoms with Crippen molar-refractivity contribution in [1.82, 2.24) is 10.2 Å². The highest BCUT2D eigenvalue weighted by Crippen LogP contribution is 2.44. The second kappa shape index (κ2) is 47.7. The van der Waals surface area contributed by atoms with Crippen LogP contribution in [0.2, 0.25) is 0 Å². The van der Waals surface area contributed by atoms with E-state index in [1.54, 1.807) is 65.8 Å². The third-order valence-corrected chi connectivity index (χ3v) is 19.7. The minimum atomic E-state index is -1.33. The summed E-state index contributed by atoms with van der Waals surface area (Å²) in [7, 11) is 1.90. The lowest BCUT2D eigenvalue weighted by Gasteiger charge is -2.26. The summed E-state index contributed by atoms with van der Waals surface area (Å²) in [5.74, 6) is -4.75. The SMILES string of the molecule is C=C(C(=O)OCC)c1ccc(Br)cc1.C=O.CC(C)[N+](=O)[O-].CC1(C)CC(c2ccc(Br)cc2)C(=O)N1.CCOC(=O)C(=O)C(CC(C)(C)N)c1ccc(Br)cc1.CCOC(=O)C(=O)C(CC(C)(C)[N+](=O)[O-])c1ccc(Br)cc1.CCOC(=O)Cc1ccc(Br)cc1.CN1C(=O)C(C)(c2ccc(Br)cc2)CC1(C)C. The number of rotatable bonds is 22. The van der Waals surface area contributed by atoms with E-state index < -0.39 is 57.4 Å². The number of hydrogen-bond acceptors (Lipinski definition) is 18. The van der Waals surface area contributed by atoms with Crippen LogP contribution in [-0.2, 0) is 73.9 Å². The Balaban J connectivity index is 0.000000645. The van der Waals surface area contributed by atoms with Crippen LogP contribution in [0.5, 0.6) is 0 Å². The average molecular weight is 1900 g/mol. The number of Topliss-reactive ketones (excluding diaryl/α,β-unsaturated/α-hetero) is 2. The fraction of sp³-hybridized carbons (Fsp3) is 0.420. The largest absolute Gasteiger partial charge is 0.466 e. The van der Waals surface area contributed by atoms with Crippen molar-refractivity contribution in [3.05, 3.63) is 233 Å². The van der Waals surface area contributed by atoms with Crippen LogP contribution in [-0.4, -0.2) is 130 Å². The molecule has 2 heterocycles. The fourth-order valence-electron chi connectivity index (χ4n) is 10.7. The molecule has 4 atom stereocenters. The number of ether oxygens (including phenoxy) is 4. The van der Waals surface area contributed by atoms with Crippen molar-refractivity contribution in [3.8, 4) is 0 Å². The van der Waals surface area contributed by atoms with E-state index in [1.807, 2.05) is 161 Å². The van der Waals surface area contributed by atoms with Gasteiger partial charge in [0.15, 0.2) is 0 Å². The van der Waals surface area contributed by atoms with E-state index in [1.165, 1.54) is 13.8 Å². The molecule has 8 rings (SSSR count). The first-order chi connectivity index (χ1) is 50.7. The molecule has 3 N–H and O–H groups in total. The number of likely N-dealkylation sites (tertiary alicyclic amines) is 1. The van der Waals surface area contributed by atoms with Crippen LogP contribution in [0.1, 0.15) is 181 Å². The summed E-state index contributed by atoms with van der Waals surface area (Å²) < 4.78 is 25.0. The van der Waals surface area contributed by atoms with Crippen molar-refractivity contribution in [1.29, 1.82) is 0 Å². The van der Waals surface area contributed by atoms with Gasteiger partial charge in [0.25, 0.3) is 0 Å². The molecule has 28 heteroatoms. The zero-order chi connectivity index (χ0) is 83.5. The van der Waals surface area contributed by atoms with Gasteiger partial charge in [-0.15, -0.1) is 0 Å². The Morgan fingerprint density at radius 3 is 1.26 bits per heavy atom. The smallest absolute Gasteiger partial charge is 0.375 e. The van der Waals surface area contributed by atoms with Gasteiger partial charge in [0.05, 0.1) is 61.6 Å². The van der Waals surface area contributed by atoms with E-state index in [9.17, 15) is 58.6 Å². The van der Waals surface area contributed by atoms with E-state index in [0.29, 0.717) is 37.2 Å². The van der Waals surface area contributed by atoms with Gasteiger partial charge in [-0.05, 0) is 202 Å². The van der Waals surface area contributed by atoms with Crippen molar-refractivity contribution in [2.75, 3.05) is 33.5 Å². The lowest BCUT2D eigenvalue weighted by molar-refractivity contribution is -0.561. The molecule has 594 valence electrons. The number of esters is 4. The molecule has 2 saturated heterocycles. The quantitative estimate of drug-likeness (QED) is 0.0159. The Hall–Kier alpha value is -7.47. The first-order valence-electron chi connectivity index (χ1n) is 34.6. The molecule has 4 unspecified atom stereocenters. The van der Waals surface area contributed by atoms with Crippen molar-refractivity contribution in [3.63, 3.8) is 0 Å². The maximum absolute atomic E-state index is 12.4. The Labute approximate surface area is 691 Å². The van der Waals surface area contributed by atoms with E-state index >= 15 is 0 Å². The van der Waals surface area contributed by atoms with Crippen LogP contribution in [0.4, 0.5) is 0 Å². The summed E-state index contributed by atoms with van der Waals surface area (Å²) in [6.07, 6.45) is 2.37. The van der Waals surface area contributed by atoms with Gasteiger partial charge in [-0.1, -0.05) is 175 Å². The fourth-order valence-corrected chi connectivity index (χ4v) is 12.2. The monoisotopic (exact) mass is 1890 g/mol. The molecule has 2 aliphatic rings. The number of nitrogens with zero attached hydrogens (tertiary/aromatic N) is 3. The van der Waals surface area contributed by atoms with Crippen LogP contribution in [0.3, 0.4) is 0 Å². The van der Waals surface area contributed by atoms with Crippen molar-refractivity contribution in [2.24, 2.45) is 5.73 Å². The zero-order valence-corrected chi connectivity index (χ0v) is 74.1. The third kappa shape index (κ3) is 35.2. The van der Waals surface area contributed by atoms with E-state index in [0.717, 1.165) is 67.5 Å². The predicted molar refractivity (Wildman–Crippen MR) is 446 cm³/mol. The maximum Gasteiger partial charge on any atom is 0.375 e. The predicted octanol–water partition coefficient (Wildman–Crippen LogP) is 18.1. The molecule has 2 aliphatic heterocycles. The molecular formula is C81H101Br6N5O17. The number of hydrogen-bond donors (Lipinski definition) is 2. The highest BCUT2D eigenvalue weighted by molar-refractivity contribution is 9.11. The van der Waals surface area contributed by atoms with Gasteiger partial charge in [-0.3, -0.25) is 44.2 Å². The highest BCUT2D eigenvalue weighted by atomic mass is 79.9. The zero-order valence-electron chi connectivity index (χ0n) is 64.6. The number of nitro groups is 2. The number of ketones is 2. The van der Waals surface area contributed by atoms with Crippen molar-refractivity contribution < 1.29 is 71.9 Å². The van der Waals surface area contributed by atoms with Gasteiger partial charge < -0.3 is 39.7 Å². The number of amides is 2. The molecule has 0 saturated carbocycles. The Bertz CT molecular complexity index is 3970. The molecule has 0 radical (unpaired) electrons. The maximum atomic E-state index is 12.4. The summed E-state index contributed by atoms with van der Waals surface area (Å²) in [4.78, 5) is 124. The van der Waals surface area contributed by atoms with Gasteiger partial charge in [0.1, 0.15) is 6.79 Å². The van der Waals surface area contributed by atoms with Gasteiger partial charge in [0.2, 0.25) is 35.0 Å². The number of likely N-dealkylation sites (N-methyl/N-ethyl adjacent to an activating group) is 1. The minimum absolute atomic E-state index is 0.00750. The average Bonchev–Trinajstić information content (AvgIpc) is 1.60. The second-order valence-electron chi connectivity index (χ2n) is 27.9. The van der Waals surface area contributed by atoms with Crippen LogP contribution >= 0.6 is 95.6 Å². The number of nitrogens with two attached hydrogens (primary N) is 1. The van der Waals surface area contributed by atoms with Crippen LogP contribution in [0.15, 0.2) is 179 Å².